The van der Waals surface area contributed by atoms with Crippen molar-refractivity contribution in [3.63, 3.8) is 0 Å². The molecule has 17 heavy (non-hydrogen) atoms. The van der Waals surface area contributed by atoms with Crippen LogP contribution in [0.2, 0.25) is 0 Å². The Labute approximate surface area is 107 Å². The van der Waals surface area contributed by atoms with Gasteiger partial charge < -0.3 is 10.2 Å². The zero-order valence-corrected chi connectivity index (χ0v) is 12.0. The molecule has 0 aliphatic carbocycles. The van der Waals surface area contributed by atoms with Gasteiger partial charge in [0.15, 0.2) is 6.29 Å². The summed E-state index contributed by atoms with van der Waals surface area (Å²) in [6, 6.07) is 0. The normalized spacial score (nSPS) is 12.4. The van der Waals surface area contributed by atoms with Crippen molar-refractivity contribution in [2.24, 2.45) is 5.41 Å². The Kier molecular flexibility index (Phi) is 9.85. The third-order valence-electron chi connectivity index (χ3n) is 3.83. The van der Waals surface area contributed by atoms with Crippen LogP contribution in [0.25, 0.3) is 0 Å². The molecule has 0 aliphatic rings. The first-order valence-electron chi connectivity index (χ1n) is 7.43. The quantitative estimate of drug-likeness (QED) is 0.421. The van der Waals surface area contributed by atoms with Crippen LogP contribution < -0.4 is 0 Å². The van der Waals surface area contributed by atoms with Crippen LogP contribution in [0, 0.1) is 5.41 Å². The fraction of sp³-hybridized carbons (Fsp3) is 1.00. The lowest BCUT2D eigenvalue weighted by atomic mass is 9.79. The molecule has 0 rings (SSSR count). The molecule has 0 aliphatic heterocycles. The minimum Gasteiger partial charge on any atom is -0.368 e. The molecule has 0 spiro atoms. The van der Waals surface area contributed by atoms with Crippen LogP contribution in [0.15, 0.2) is 0 Å². The highest BCUT2D eigenvalue weighted by Gasteiger charge is 2.30. The molecule has 0 fully saturated rings. The number of aliphatic hydroxyl groups excluding tert-OH is 1. The second kappa shape index (κ2) is 9.90. The van der Waals surface area contributed by atoms with Gasteiger partial charge >= 0.3 is 0 Å². The van der Waals surface area contributed by atoms with Crippen molar-refractivity contribution in [3.05, 3.63) is 0 Å². The molecular weight excluding hydrogens is 212 g/mol. The summed E-state index contributed by atoms with van der Waals surface area (Å²) < 4.78 is 0. The van der Waals surface area contributed by atoms with E-state index in [-0.39, 0.29) is 5.41 Å². The lowest BCUT2D eigenvalue weighted by molar-refractivity contribution is -0.135. The van der Waals surface area contributed by atoms with Gasteiger partial charge in [-0.1, -0.05) is 72.1 Å². The highest BCUT2D eigenvalue weighted by molar-refractivity contribution is 4.76. The van der Waals surface area contributed by atoms with Gasteiger partial charge in [-0.05, 0) is 12.8 Å². The molecule has 0 aromatic heterocycles. The van der Waals surface area contributed by atoms with E-state index in [4.69, 9.17) is 0 Å². The van der Waals surface area contributed by atoms with Crippen LogP contribution in [-0.4, -0.2) is 16.5 Å². The molecule has 0 saturated carbocycles. The number of hydrogen-bond donors (Lipinski definition) is 2. The Morgan fingerprint density at radius 3 is 1.47 bits per heavy atom. The summed E-state index contributed by atoms with van der Waals surface area (Å²) in [5.74, 6) is 0. The first-order valence-corrected chi connectivity index (χ1v) is 7.43. The van der Waals surface area contributed by atoms with Gasteiger partial charge in [0.1, 0.15) is 0 Å². The standard InChI is InChI=1S/C15H32O2/c1-4-6-8-10-12-15(3,14(16)17)13-11-9-7-5-2/h14,16-17H,4-13H2,1-3H3. The van der Waals surface area contributed by atoms with Crippen molar-refractivity contribution in [2.75, 3.05) is 0 Å². The van der Waals surface area contributed by atoms with Gasteiger partial charge in [-0.3, -0.25) is 0 Å². The summed E-state index contributed by atoms with van der Waals surface area (Å²) in [5, 5.41) is 19.1. The second-order valence-corrected chi connectivity index (χ2v) is 5.65. The molecule has 0 bridgehead atoms. The molecule has 0 heterocycles. The van der Waals surface area contributed by atoms with Crippen molar-refractivity contribution >= 4 is 0 Å². The van der Waals surface area contributed by atoms with E-state index in [2.05, 4.69) is 13.8 Å². The number of hydrogen-bond acceptors (Lipinski definition) is 2. The smallest absolute Gasteiger partial charge is 0.156 e. The van der Waals surface area contributed by atoms with E-state index in [1.54, 1.807) is 0 Å². The summed E-state index contributed by atoms with van der Waals surface area (Å²) in [7, 11) is 0. The van der Waals surface area contributed by atoms with Gasteiger partial charge in [0.2, 0.25) is 0 Å². The average Bonchev–Trinajstić information content (AvgIpc) is 2.30. The Bertz CT molecular complexity index is 154. The van der Waals surface area contributed by atoms with E-state index in [1.807, 2.05) is 6.92 Å². The van der Waals surface area contributed by atoms with Gasteiger partial charge in [0.05, 0.1) is 0 Å². The van der Waals surface area contributed by atoms with E-state index in [0.717, 1.165) is 25.7 Å². The third kappa shape index (κ3) is 7.77. The maximum absolute atomic E-state index is 9.54. The zero-order chi connectivity index (χ0) is 13.1. The Hall–Kier alpha value is -0.0800. The predicted octanol–water partition coefficient (Wildman–Crippen LogP) is 4.24. The number of aliphatic hydroxyl groups is 2. The predicted molar refractivity (Wildman–Crippen MR) is 73.9 cm³/mol. The molecule has 0 atom stereocenters. The summed E-state index contributed by atoms with van der Waals surface area (Å²) in [6.45, 7) is 6.42. The van der Waals surface area contributed by atoms with Crippen molar-refractivity contribution in [3.8, 4) is 0 Å². The molecular formula is C15H32O2. The van der Waals surface area contributed by atoms with Crippen LogP contribution >= 0.6 is 0 Å². The molecule has 0 amide bonds. The van der Waals surface area contributed by atoms with Crippen LogP contribution in [0.4, 0.5) is 0 Å². The van der Waals surface area contributed by atoms with Gasteiger partial charge in [0.25, 0.3) is 0 Å². The van der Waals surface area contributed by atoms with Gasteiger partial charge in [0, 0.05) is 5.41 Å². The Morgan fingerprint density at radius 2 is 1.18 bits per heavy atom. The fourth-order valence-electron chi connectivity index (χ4n) is 2.29. The van der Waals surface area contributed by atoms with E-state index < -0.39 is 6.29 Å². The Morgan fingerprint density at radius 1 is 0.765 bits per heavy atom. The van der Waals surface area contributed by atoms with Crippen LogP contribution in [0.3, 0.4) is 0 Å². The maximum Gasteiger partial charge on any atom is 0.156 e. The highest BCUT2D eigenvalue weighted by atomic mass is 16.5. The first-order chi connectivity index (χ1) is 8.06. The highest BCUT2D eigenvalue weighted by Crippen LogP contribution is 2.33. The van der Waals surface area contributed by atoms with Crippen LogP contribution in [-0.2, 0) is 0 Å². The van der Waals surface area contributed by atoms with Crippen molar-refractivity contribution in [2.45, 2.75) is 91.3 Å². The molecule has 104 valence electrons. The van der Waals surface area contributed by atoms with Crippen LogP contribution in [0.1, 0.15) is 85.0 Å². The Balaban J connectivity index is 3.90. The van der Waals surface area contributed by atoms with Crippen molar-refractivity contribution < 1.29 is 10.2 Å². The second-order valence-electron chi connectivity index (χ2n) is 5.65. The molecule has 2 N–H and O–H groups in total. The van der Waals surface area contributed by atoms with Gasteiger partial charge in [-0.2, -0.15) is 0 Å². The molecule has 0 radical (unpaired) electrons. The SMILES string of the molecule is CCCCCCC(C)(CCCCCC)C(O)O. The topological polar surface area (TPSA) is 40.5 Å². The minimum atomic E-state index is -1.16. The monoisotopic (exact) mass is 244 g/mol. The first kappa shape index (κ1) is 16.9. The van der Waals surface area contributed by atoms with Crippen molar-refractivity contribution in [1.82, 2.24) is 0 Å². The number of unbranched alkanes of at least 4 members (excludes halogenated alkanes) is 6. The molecule has 0 unspecified atom stereocenters. The van der Waals surface area contributed by atoms with Crippen LogP contribution in [0.5, 0.6) is 0 Å². The summed E-state index contributed by atoms with van der Waals surface area (Å²) >= 11 is 0. The fourth-order valence-corrected chi connectivity index (χ4v) is 2.29. The lowest BCUT2D eigenvalue weighted by Crippen LogP contribution is -2.32. The summed E-state index contributed by atoms with van der Waals surface area (Å²) in [6.07, 6.45) is 10.4. The van der Waals surface area contributed by atoms with Gasteiger partial charge in [-0.15, -0.1) is 0 Å². The minimum absolute atomic E-state index is 0.290. The summed E-state index contributed by atoms with van der Waals surface area (Å²) in [5.41, 5.74) is -0.290. The maximum atomic E-state index is 9.54. The molecule has 2 nitrogen and oxygen atoms in total. The van der Waals surface area contributed by atoms with E-state index in [0.29, 0.717) is 0 Å². The zero-order valence-electron chi connectivity index (χ0n) is 12.0. The molecule has 0 aromatic rings. The van der Waals surface area contributed by atoms with E-state index >= 15 is 0 Å². The van der Waals surface area contributed by atoms with Gasteiger partial charge in [-0.25, -0.2) is 0 Å². The van der Waals surface area contributed by atoms with E-state index in [1.165, 1.54) is 38.5 Å². The molecule has 0 saturated heterocycles. The lowest BCUT2D eigenvalue weighted by Gasteiger charge is -2.31. The molecule has 2 heteroatoms. The third-order valence-corrected chi connectivity index (χ3v) is 3.83. The van der Waals surface area contributed by atoms with Crippen molar-refractivity contribution in [1.29, 1.82) is 0 Å². The van der Waals surface area contributed by atoms with E-state index in [9.17, 15) is 10.2 Å². The number of rotatable bonds is 11. The average molecular weight is 244 g/mol. The molecule has 0 aromatic carbocycles. The largest absolute Gasteiger partial charge is 0.368 e. The summed E-state index contributed by atoms with van der Waals surface area (Å²) in [4.78, 5) is 0.